The molecule has 1 N–H and O–H groups in total. The van der Waals surface area contributed by atoms with Crippen molar-refractivity contribution in [1.82, 2.24) is 10.3 Å². The van der Waals surface area contributed by atoms with Gasteiger partial charge < -0.3 is 5.32 Å². The molecule has 94 valence electrons. The summed E-state index contributed by atoms with van der Waals surface area (Å²) in [4.78, 5) is 4.45. The average Bonchev–Trinajstić information content (AvgIpc) is 2.89. The van der Waals surface area contributed by atoms with E-state index in [0.29, 0.717) is 0 Å². The quantitative estimate of drug-likeness (QED) is 0.821. The van der Waals surface area contributed by atoms with Crippen molar-refractivity contribution in [2.24, 2.45) is 0 Å². The van der Waals surface area contributed by atoms with E-state index in [1.54, 1.807) is 22.7 Å². The molecule has 0 aliphatic rings. The highest BCUT2D eigenvalue weighted by Gasteiger charge is 1.98. The third-order valence-corrected chi connectivity index (χ3v) is 4.08. The fourth-order valence-electron chi connectivity index (χ4n) is 1.51. The Hall–Kier alpha value is -0.420. The summed E-state index contributed by atoms with van der Waals surface area (Å²) in [6.07, 6.45) is 2.26. The topological polar surface area (TPSA) is 24.9 Å². The van der Waals surface area contributed by atoms with E-state index in [2.05, 4.69) is 39.4 Å². The summed E-state index contributed by atoms with van der Waals surface area (Å²) in [5.74, 6) is 0. The van der Waals surface area contributed by atoms with Crippen LogP contribution in [0, 0.1) is 6.92 Å². The molecule has 2 nitrogen and oxygen atoms in total. The minimum atomic E-state index is 0. The predicted octanol–water partition coefficient (Wildman–Crippen LogP) is 3.66. The van der Waals surface area contributed by atoms with Gasteiger partial charge in [-0.05, 0) is 42.3 Å². The lowest BCUT2D eigenvalue weighted by molar-refractivity contribution is 0.649. The molecule has 0 saturated heterocycles. The molecule has 2 heterocycles. The van der Waals surface area contributed by atoms with Crippen molar-refractivity contribution in [3.8, 4) is 0 Å². The highest BCUT2D eigenvalue weighted by molar-refractivity contribution is 7.09. The van der Waals surface area contributed by atoms with Crippen LogP contribution in [0.5, 0.6) is 0 Å². The average molecular weight is 289 g/mol. The first kappa shape index (κ1) is 14.6. The molecule has 0 bridgehead atoms. The van der Waals surface area contributed by atoms with E-state index >= 15 is 0 Å². The first-order chi connectivity index (χ1) is 7.84. The van der Waals surface area contributed by atoms with Gasteiger partial charge in [0.2, 0.25) is 0 Å². The van der Waals surface area contributed by atoms with Crippen molar-refractivity contribution in [2.45, 2.75) is 26.3 Å². The molecule has 0 amide bonds. The second-order valence-corrected chi connectivity index (χ2v) is 5.52. The van der Waals surface area contributed by atoms with Crippen LogP contribution in [0.4, 0.5) is 0 Å². The van der Waals surface area contributed by atoms with Crippen molar-refractivity contribution in [2.75, 3.05) is 6.54 Å². The number of rotatable bonds is 6. The number of aromatic nitrogens is 1. The zero-order chi connectivity index (χ0) is 11.2. The van der Waals surface area contributed by atoms with Crippen LogP contribution >= 0.6 is 35.1 Å². The van der Waals surface area contributed by atoms with E-state index < -0.39 is 0 Å². The number of hydrogen-bond acceptors (Lipinski definition) is 4. The monoisotopic (exact) mass is 288 g/mol. The van der Waals surface area contributed by atoms with E-state index in [0.717, 1.165) is 31.6 Å². The molecule has 0 atom stereocenters. The molecule has 2 aromatic heterocycles. The van der Waals surface area contributed by atoms with Crippen molar-refractivity contribution in [3.05, 3.63) is 38.5 Å². The van der Waals surface area contributed by atoms with Gasteiger partial charge in [-0.3, -0.25) is 0 Å². The van der Waals surface area contributed by atoms with Crippen molar-refractivity contribution < 1.29 is 0 Å². The van der Waals surface area contributed by atoms with Crippen LogP contribution in [-0.4, -0.2) is 11.5 Å². The Balaban J connectivity index is 0.00000144. The molecule has 17 heavy (non-hydrogen) atoms. The molecule has 0 saturated carbocycles. The number of hydrogen-bond donors (Lipinski definition) is 1. The number of thiazole rings is 1. The lowest BCUT2D eigenvalue weighted by Gasteiger charge is -2.01. The largest absolute Gasteiger partial charge is 0.313 e. The van der Waals surface area contributed by atoms with E-state index in [1.807, 2.05) is 0 Å². The number of halogens is 1. The van der Waals surface area contributed by atoms with Crippen molar-refractivity contribution in [3.63, 3.8) is 0 Å². The van der Waals surface area contributed by atoms with Gasteiger partial charge in [-0.25, -0.2) is 4.98 Å². The van der Waals surface area contributed by atoms with Crippen LogP contribution in [0.1, 0.15) is 22.7 Å². The Bertz CT molecular complexity index is 412. The van der Waals surface area contributed by atoms with Gasteiger partial charge in [-0.1, -0.05) is 0 Å². The fourth-order valence-corrected chi connectivity index (χ4v) is 2.99. The first-order valence-corrected chi connectivity index (χ1v) is 7.29. The van der Waals surface area contributed by atoms with E-state index in [1.165, 1.54) is 10.6 Å². The molecule has 5 heteroatoms. The molecule has 0 aromatic carbocycles. The summed E-state index contributed by atoms with van der Waals surface area (Å²) in [6.45, 7) is 4.10. The van der Waals surface area contributed by atoms with Crippen LogP contribution in [0.15, 0.2) is 22.2 Å². The summed E-state index contributed by atoms with van der Waals surface area (Å²) >= 11 is 3.52. The summed E-state index contributed by atoms with van der Waals surface area (Å²) in [6, 6.07) is 2.17. The molecule has 2 rings (SSSR count). The van der Waals surface area contributed by atoms with E-state index in [9.17, 15) is 0 Å². The highest BCUT2D eigenvalue weighted by Crippen LogP contribution is 2.10. The number of thiophene rings is 1. The predicted molar refractivity (Wildman–Crippen MR) is 78.4 cm³/mol. The summed E-state index contributed by atoms with van der Waals surface area (Å²) < 4.78 is 0. The highest BCUT2D eigenvalue weighted by atomic mass is 35.5. The van der Waals surface area contributed by atoms with Crippen LogP contribution in [0.25, 0.3) is 0 Å². The molecule has 0 aliphatic heterocycles. The SMILES string of the molecule is Cc1csc(CCCNCc2ccsc2)n1.Cl. The van der Waals surface area contributed by atoms with Gasteiger partial charge in [0, 0.05) is 24.0 Å². The van der Waals surface area contributed by atoms with Gasteiger partial charge in [0.25, 0.3) is 0 Å². The summed E-state index contributed by atoms with van der Waals surface area (Å²) in [5, 5.41) is 11.1. The molecule has 0 fully saturated rings. The minimum absolute atomic E-state index is 0. The Kier molecular flexibility index (Phi) is 6.73. The van der Waals surface area contributed by atoms with Crippen LogP contribution in [0.2, 0.25) is 0 Å². The standard InChI is InChI=1S/C12H16N2S2.ClH/c1-10-8-16-12(14-10)3-2-5-13-7-11-4-6-15-9-11;/h4,6,8-9,13H,2-3,5,7H2,1H3;1H. The maximum Gasteiger partial charge on any atom is 0.0928 e. The van der Waals surface area contributed by atoms with Gasteiger partial charge in [-0.2, -0.15) is 11.3 Å². The normalized spacial score (nSPS) is 10.2. The van der Waals surface area contributed by atoms with Gasteiger partial charge in [0.1, 0.15) is 0 Å². The van der Waals surface area contributed by atoms with Gasteiger partial charge in [-0.15, -0.1) is 23.7 Å². The van der Waals surface area contributed by atoms with Crippen LogP contribution in [0.3, 0.4) is 0 Å². The molecular formula is C12H17ClN2S2. The third kappa shape index (κ3) is 5.17. The minimum Gasteiger partial charge on any atom is -0.313 e. The lowest BCUT2D eigenvalue weighted by atomic mass is 10.3. The lowest BCUT2D eigenvalue weighted by Crippen LogP contribution is -2.14. The van der Waals surface area contributed by atoms with Gasteiger partial charge in [0.15, 0.2) is 0 Å². The molecular weight excluding hydrogens is 272 g/mol. The van der Waals surface area contributed by atoms with Gasteiger partial charge in [0.05, 0.1) is 5.01 Å². The zero-order valence-electron chi connectivity index (χ0n) is 9.81. The maximum atomic E-state index is 4.45. The van der Waals surface area contributed by atoms with Crippen LogP contribution < -0.4 is 5.32 Å². The van der Waals surface area contributed by atoms with Crippen molar-refractivity contribution in [1.29, 1.82) is 0 Å². The van der Waals surface area contributed by atoms with Crippen LogP contribution in [-0.2, 0) is 13.0 Å². The number of nitrogens with one attached hydrogen (secondary N) is 1. The second kappa shape index (κ2) is 7.82. The molecule has 0 aliphatic carbocycles. The molecule has 0 spiro atoms. The molecule has 2 aromatic rings. The second-order valence-electron chi connectivity index (χ2n) is 3.79. The summed E-state index contributed by atoms with van der Waals surface area (Å²) in [5.41, 5.74) is 2.53. The number of nitrogens with zero attached hydrogens (tertiary/aromatic N) is 1. The third-order valence-electron chi connectivity index (χ3n) is 2.32. The van der Waals surface area contributed by atoms with Gasteiger partial charge >= 0.3 is 0 Å². The summed E-state index contributed by atoms with van der Waals surface area (Å²) in [7, 11) is 0. The smallest absolute Gasteiger partial charge is 0.0928 e. The molecule has 0 unspecified atom stereocenters. The maximum absolute atomic E-state index is 4.45. The number of aryl methyl sites for hydroxylation is 2. The molecule has 0 radical (unpaired) electrons. The van der Waals surface area contributed by atoms with E-state index in [-0.39, 0.29) is 12.4 Å². The zero-order valence-corrected chi connectivity index (χ0v) is 12.3. The fraction of sp³-hybridized carbons (Fsp3) is 0.417. The first-order valence-electron chi connectivity index (χ1n) is 5.47. The Morgan fingerprint density at radius 1 is 1.35 bits per heavy atom. The van der Waals surface area contributed by atoms with E-state index in [4.69, 9.17) is 0 Å². The Morgan fingerprint density at radius 2 is 2.24 bits per heavy atom. The Labute approximate surface area is 117 Å². The Morgan fingerprint density at radius 3 is 2.88 bits per heavy atom. The van der Waals surface area contributed by atoms with Crippen molar-refractivity contribution >= 4 is 35.1 Å².